The van der Waals surface area contributed by atoms with Gasteiger partial charge >= 0.3 is 0 Å². The standard InChI is InChI=1S/C26H25N5O5S/c1-2-36-22-6-3-7-23-24(22)28-26(37-23)30(17-18-5-4-10-27-16-18)25(32)19-8-9-20(21(15-19)31(33)34)29-11-13-35-14-12-29/h3-10,15-16H,2,11-14,17H2,1H3. The lowest BCUT2D eigenvalue weighted by Gasteiger charge is -2.28. The number of nitro groups is 1. The Kier molecular flexibility index (Phi) is 7.24. The second kappa shape index (κ2) is 10.9. The maximum atomic E-state index is 13.9. The third kappa shape index (κ3) is 5.23. The van der Waals surface area contributed by atoms with E-state index in [9.17, 15) is 14.9 Å². The number of pyridine rings is 1. The van der Waals surface area contributed by atoms with E-state index in [1.54, 1.807) is 30.6 Å². The number of hydrogen-bond acceptors (Lipinski definition) is 9. The number of anilines is 2. The van der Waals surface area contributed by atoms with E-state index in [-0.39, 0.29) is 17.8 Å². The predicted octanol–water partition coefficient (Wildman–Crippen LogP) is 4.68. The maximum Gasteiger partial charge on any atom is 0.293 e. The van der Waals surface area contributed by atoms with E-state index in [2.05, 4.69) is 4.98 Å². The van der Waals surface area contributed by atoms with Crippen molar-refractivity contribution in [3.63, 3.8) is 0 Å². The van der Waals surface area contributed by atoms with Gasteiger partial charge in [0.2, 0.25) is 0 Å². The van der Waals surface area contributed by atoms with Crippen LogP contribution in [0.25, 0.3) is 10.2 Å². The SMILES string of the molecule is CCOc1cccc2sc(N(Cc3cccnc3)C(=O)c3ccc(N4CCOCC4)c([N+](=O)[O-])c3)nc12. The van der Waals surface area contributed by atoms with Crippen LogP contribution in [-0.4, -0.2) is 53.7 Å². The van der Waals surface area contributed by atoms with Gasteiger partial charge in [0.1, 0.15) is 17.0 Å². The van der Waals surface area contributed by atoms with Gasteiger partial charge in [-0.2, -0.15) is 0 Å². The topological polar surface area (TPSA) is 111 Å². The number of ether oxygens (including phenoxy) is 2. The van der Waals surface area contributed by atoms with Gasteiger partial charge in [0.25, 0.3) is 11.6 Å². The molecule has 0 radical (unpaired) electrons. The van der Waals surface area contributed by atoms with Crippen molar-refractivity contribution in [3.8, 4) is 5.75 Å². The smallest absolute Gasteiger partial charge is 0.293 e. The van der Waals surface area contributed by atoms with E-state index in [1.165, 1.54) is 22.3 Å². The molecule has 2 aromatic heterocycles. The zero-order chi connectivity index (χ0) is 25.8. The van der Waals surface area contributed by atoms with E-state index in [4.69, 9.17) is 14.5 Å². The van der Waals surface area contributed by atoms with Gasteiger partial charge in [-0.3, -0.25) is 24.8 Å². The number of fused-ring (bicyclic) bond motifs is 1. The summed E-state index contributed by atoms with van der Waals surface area (Å²) >= 11 is 1.36. The van der Waals surface area contributed by atoms with Crippen molar-refractivity contribution < 1.29 is 19.2 Å². The van der Waals surface area contributed by atoms with Gasteiger partial charge in [-0.25, -0.2) is 4.98 Å². The Labute approximate surface area is 217 Å². The molecule has 190 valence electrons. The molecule has 1 saturated heterocycles. The van der Waals surface area contributed by atoms with E-state index in [0.29, 0.717) is 55.0 Å². The number of carbonyl (C=O) groups is 1. The molecular formula is C26H25N5O5S. The van der Waals surface area contributed by atoms with Gasteiger partial charge < -0.3 is 14.4 Å². The lowest BCUT2D eigenvalue weighted by Crippen LogP contribution is -2.36. The molecule has 0 unspecified atom stereocenters. The number of morpholine rings is 1. The first-order valence-electron chi connectivity index (χ1n) is 11.9. The van der Waals surface area contributed by atoms with Crippen molar-refractivity contribution in [2.45, 2.75) is 13.5 Å². The number of aromatic nitrogens is 2. The summed E-state index contributed by atoms with van der Waals surface area (Å²) in [5.41, 5.74) is 2.04. The molecule has 10 nitrogen and oxygen atoms in total. The number of benzene rings is 2. The lowest BCUT2D eigenvalue weighted by molar-refractivity contribution is -0.384. The minimum absolute atomic E-state index is 0.114. The Balaban J connectivity index is 1.55. The monoisotopic (exact) mass is 519 g/mol. The molecule has 5 rings (SSSR count). The summed E-state index contributed by atoms with van der Waals surface area (Å²) in [7, 11) is 0. The van der Waals surface area contributed by atoms with Gasteiger partial charge in [-0.15, -0.1) is 0 Å². The number of nitro benzene ring substituents is 1. The molecule has 2 aromatic carbocycles. The van der Waals surface area contributed by atoms with Crippen molar-refractivity contribution in [1.82, 2.24) is 9.97 Å². The molecule has 0 spiro atoms. The van der Waals surface area contributed by atoms with Gasteiger partial charge in [-0.1, -0.05) is 23.5 Å². The molecule has 0 aliphatic carbocycles. The Morgan fingerprint density at radius 2 is 2.05 bits per heavy atom. The van der Waals surface area contributed by atoms with Crippen molar-refractivity contribution in [2.24, 2.45) is 0 Å². The predicted molar refractivity (Wildman–Crippen MR) is 142 cm³/mol. The van der Waals surface area contributed by atoms with Crippen LogP contribution in [0.2, 0.25) is 0 Å². The molecule has 1 fully saturated rings. The quantitative estimate of drug-likeness (QED) is 0.244. The van der Waals surface area contributed by atoms with Crippen LogP contribution >= 0.6 is 11.3 Å². The Hall–Kier alpha value is -4.09. The highest BCUT2D eigenvalue weighted by molar-refractivity contribution is 7.22. The second-order valence-electron chi connectivity index (χ2n) is 8.34. The summed E-state index contributed by atoms with van der Waals surface area (Å²) in [5, 5.41) is 12.4. The number of carbonyl (C=O) groups excluding carboxylic acids is 1. The number of rotatable bonds is 8. The lowest BCUT2D eigenvalue weighted by atomic mass is 10.1. The summed E-state index contributed by atoms with van der Waals surface area (Å²) in [6, 6.07) is 13.9. The second-order valence-corrected chi connectivity index (χ2v) is 9.35. The highest BCUT2D eigenvalue weighted by atomic mass is 32.1. The van der Waals surface area contributed by atoms with Crippen LogP contribution in [0, 0.1) is 10.1 Å². The molecule has 4 aromatic rings. The van der Waals surface area contributed by atoms with E-state index in [0.717, 1.165) is 10.3 Å². The van der Waals surface area contributed by atoms with Crippen LogP contribution in [0.1, 0.15) is 22.8 Å². The largest absolute Gasteiger partial charge is 0.492 e. The van der Waals surface area contributed by atoms with Gasteiger partial charge in [-0.05, 0) is 42.8 Å². The van der Waals surface area contributed by atoms with E-state index < -0.39 is 10.8 Å². The van der Waals surface area contributed by atoms with Crippen LogP contribution in [0.5, 0.6) is 5.75 Å². The van der Waals surface area contributed by atoms with Crippen molar-refractivity contribution in [3.05, 3.63) is 82.2 Å². The normalized spacial score (nSPS) is 13.5. The molecule has 0 atom stereocenters. The zero-order valence-electron chi connectivity index (χ0n) is 20.2. The minimum atomic E-state index is -0.445. The van der Waals surface area contributed by atoms with Crippen LogP contribution < -0.4 is 14.5 Å². The minimum Gasteiger partial charge on any atom is -0.492 e. The van der Waals surface area contributed by atoms with Gasteiger partial charge in [0.15, 0.2) is 5.13 Å². The summed E-state index contributed by atoms with van der Waals surface area (Å²) in [6.45, 7) is 4.69. The van der Waals surface area contributed by atoms with E-state index >= 15 is 0 Å². The molecule has 1 aliphatic heterocycles. The van der Waals surface area contributed by atoms with Crippen molar-refractivity contribution in [2.75, 3.05) is 42.7 Å². The van der Waals surface area contributed by atoms with Gasteiger partial charge in [0.05, 0.1) is 36.0 Å². The molecule has 0 saturated carbocycles. The first-order valence-corrected chi connectivity index (χ1v) is 12.7. The third-order valence-electron chi connectivity index (χ3n) is 5.98. The van der Waals surface area contributed by atoms with Gasteiger partial charge in [0, 0.05) is 37.1 Å². The highest BCUT2D eigenvalue weighted by Gasteiger charge is 2.27. The number of nitrogens with zero attached hydrogens (tertiary/aromatic N) is 5. The maximum absolute atomic E-state index is 13.9. The van der Waals surface area contributed by atoms with Crippen LogP contribution in [0.4, 0.5) is 16.5 Å². The molecule has 3 heterocycles. The summed E-state index contributed by atoms with van der Waals surface area (Å²) in [5.74, 6) is 0.249. The third-order valence-corrected chi connectivity index (χ3v) is 7.02. The number of hydrogen-bond donors (Lipinski definition) is 0. The van der Waals surface area contributed by atoms with Crippen LogP contribution in [-0.2, 0) is 11.3 Å². The average molecular weight is 520 g/mol. The van der Waals surface area contributed by atoms with Crippen LogP contribution in [0.3, 0.4) is 0 Å². The number of para-hydroxylation sites is 1. The molecule has 37 heavy (non-hydrogen) atoms. The first kappa shape index (κ1) is 24.6. The average Bonchev–Trinajstić information content (AvgIpc) is 3.37. The molecular weight excluding hydrogens is 494 g/mol. The summed E-state index contributed by atoms with van der Waals surface area (Å²) < 4.78 is 12.0. The summed E-state index contributed by atoms with van der Waals surface area (Å²) in [6.07, 6.45) is 3.35. The van der Waals surface area contributed by atoms with Crippen molar-refractivity contribution in [1.29, 1.82) is 0 Å². The molecule has 0 N–H and O–H groups in total. The molecule has 0 bridgehead atoms. The fraction of sp³-hybridized carbons (Fsp3) is 0.269. The number of thiazole rings is 1. The molecule has 1 aliphatic rings. The zero-order valence-corrected chi connectivity index (χ0v) is 21.0. The summed E-state index contributed by atoms with van der Waals surface area (Å²) in [4.78, 5) is 37.8. The fourth-order valence-electron chi connectivity index (χ4n) is 4.23. The molecule has 1 amide bonds. The number of amides is 1. The van der Waals surface area contributed by atoms with Crippen LogP contribution in [0.15, 0.2) is 60.9 Å². The highest BCUT2D eigenvalue weighted by Crippen LogP contribution is 2.36. The Bertz CT molecular complexity index is 1420. The first-order chi connectivity index (χ1) is 18.0. The molecule has 11 heteroatoms. The Morgan fingerprint density at radius 3 is 2.78 bits per heavy atom. The fourth-order valence-corrected chi connectivity index (χ4v) is 5.21. The Morgan fingerprint density at radius 1 is 1.22 bits per heavy atom. The van der Waals surface area contributed by atoms with Crippen molar-refractivity contribution >= 4 is 44.0 Å². The van der Waals surface area contributed by atoms with E-state index in [1.807, 2.05) is 36.1 Å².